The average molecular weight is 237 g/mol. The quantitative estimate of drug-likeness (QED) is 0.816. The smallest absolute Gasteiger partial charge is 0.330 e. The highest BCUT2D eigenvalue weighted by Crippen LogP contribution is 2.31. The number of nitrogens with two attached hydrogens (primary N) is 1. The predicted molar refractivity (Wildman–Crippen MR) is 54.8 cm³/mol. The maximum Gasteiger partial charge on any atom is 0.389 e. The van der Waals surface area contributed by atoms with E-state index in [2.05, 4.69) is 0 Å². The zero-order chi connectivity index (χ0) is 12.2. The third-order valence-electron chi connectivity index (χ3n) is 3.29. The molecule has 0 atom stereocenters. The van der Waals surface area contributed by atoms with Gasteiger partial charge in [0.1, 0.15) is 5.78 Å². The molecule has 1 fully saturated rings. The van der Waals surface area contributed by atoms with Gasteiger partial charge in [-0.1, -0.05) is 0 Å². The number of Topliss-reactive ketones (excluding diaryl/α,β-unsaturated/α-hetero) is 1. The molecule has 0 saturated heterocycles. The summed E-state index contributed by atoms with van der Waals surface area (Å²) < 4.78 is 35.8. The van der Waals surface area contributed by atoms with Gasteiger partial charge in [0.25, 0.3) is 0 Å². The first kappa shape index (κ1) is 13.5. The summed E-state index contributed by atoms with van der Waals surface area (Å²) in [5, 5.41) is 0. The zero-order valence-corrected chi connectivity index (χ0v) is 9.22. The van der Waals surface area contributed by atoms with E-state index in [1.807, 2.05) is 0 Å². The molecule has 1 saturated carbocycles. The molecule has 16 heavy (non-hydrogen) atoms. The van der Waals surface area contributed by atoms with Gasteiger partial charge >= 0.3 is 6.18 Å². The Morgan fingerprint density at radius 3 is 2.19 bits per heavy atom. The van der Waals surface area contributed by atoms with E-state index in [0.29, 0.717) is 25.3 Å². The molecule has 0 heterocycles. The highest BCUT2D eigenvalue weighted by molar-refractivity contribution is 5.81. The average Bonchev–Trinajstić information content (AvgIpc) is 2.25. The Bertz CT molecular complexity index is 232. The second kappa shape index (κ2) is 5.66. The van der Waals surface area contributed by atoms with Crippen LogP contribution in [0.3, 0.4) is 0 Å². The molecule has 0 aromatic rings. The summed E-state index contributed by atoms with van der Waals surface area (Å²) in [6.45, 7) is 0.615. The first-order valence-corrected chi connectivity index (χ1v) is 5.72. The minimum atomic E-state index is -4.22. The molecule has 94 valence electrons. The van der Waals surface area contributed by atoms with E-state index in [0.717, 1.165) is 12.8 Å². The SMILES string of the molecule is NCC1CCC(C(=O)CCC(F)(F)F)CC1. The van der Waals surface area contributed by atoms with Crippen molar-refractivity contribution in [2.24, 2.45) is 17.6 Å². The number of ketones is 1. The molecule has 2 nitrogen and oxygen atoms in total. The highest BCUT2D eigenvalue weighted by Gasteiger charge is 2.31. The normalized spacial score (nSPS) is 26.8. The van der Waals surface area contributed by atoms with E-state index in [1.165, 1.54) is 0 Å². The molecule has 0 aliphatic heterocycles. The Hall–Kier alpha value is -0.580. The molecular weight excluding hydrogens is 219 g/mol. The van der Waals surface area contributed by atoms with Gasteiger partial charge in [-0.05, 0) is 38.1 Å². The van der Waals surface area contributed by atoms with Crippen LogP contribution >= 0.6 is 0 Å². The van der Waals surface area contributed by atoms with Gasteiger partial charge in [-0.2, -0.15) is 13.2 Å². The first-order valence-electron chi connectivity index (χ1n) is 5.72. The van der Waals surface area contributed by atoms with E-state index in [4.69, 9.17) is 5.73 Å². The van der Waals surface area contributed by atoms with Crippen molar-refractivity contribution in [2.75, 3.05) is 6.54 Å². The van der Waals surface area contributed by atoms with Crippen molar-refractivity contribution in [3.05, 3.63) is 0 Å². The van der Waals surface area contributed by atoms with Crippen LogP contribution in [0.1, 0.15) is 38.5 Å². The lowest BCUT2D eigenvalue weighted by atomic mass is 9.79. The minimum Gasteiger partial charge on any atom is -0.330 e. The predicted octanol–water partition coefficient (Wildman–Crippen LogP) is 2.66. The molecule has 1 aliphatic carbocycles. The van der Waals surface area contributed by atoms with Crippen LogP contribution in [0.2, 0.25) is 0 Å². The summed E-state index contributed by atoms with van der Waals surface area (Å²) in [6.07, 6.45) is -2.40. The van der Waals surface area contributed by atoms with Crippen LogP contribution in [0.5, 0.6) is 0 Å². The van der Waals surface area contributed by atoms with Crippen LogP contribution in [0.15, 0.2) is 0 Å². The molecule has 0 unspecified atom stereocenters. The lowest BCUT2D eigenvalue weighted by Gasteiger charge is -2.26. The lowest BCUT2D eigenvalue weighted by molar-refractivity contribution is -0.145. The van der Waals surface area contributed by atoms with Gasteiger partial charge in [-0.3, -0.25) is 4.79 Å². The van der Waals surface area contributed by atoms with Crippen molar-refractivity contribution in [1.29, 1.82) is 0 Å². The Morgan fingerprint density at radius 2 is 1.75 bits per heavy atom. The maximum absolute atomic E-state index is 11.9. The topological polar surface area (TPSA) is 43.1 Å². The van der Waals surface area contributed by atoms with E-state index < -0.39 is 12.6 Å². The van der Waals surface area contributed by atoms with Gasteiger partial charge in [0.15, 0.2) is 0 Å². The minimum absolute atomic E-state index is 0.162. The van der Waals surface area contributed by atoms with Crippen molar-refractivity contribution in [2.45, 2.75) is 44.7 Å². The standard InChI is InChI=1S/C11H18F3NO/c12-11(13,14)6-5-10(16)9-3-1-8(7-15)2-4-9/h8-9H,1-7,15H2. The van der Waals surface area contributed by atoms with Gasteiger partial charge in [0.2, 0.25) is 0 Å². The molecule has 1 rings (SSSR count). The summed E-state index contributed by atoms with van der Waals surface area (Å²) in [5.74, 6) is 0.0598. The number of halogens is 3. The van der Waals surface area contributed by atoms with Gasteiger partial charge < -0.3 is 5.73 Å². The van der Waals surface area contributed by atoms with E-state index in [9.17, 15) is 18.0 Å². The molecule has 0 aromatic heterocycles. The molecule has 5 heteroatoms. The van der Waals surface area contributed by atoms with Crippen molar-refractivity contribution < 1.29 is 18.0 Å². The monoisotopic (exact) mass is 237 g/mol. The fourth-order valence-corrected chi connectivity index (χ4v) is 2.19. The molecule has 1 aliphatic rings. The molecule has 2 N–H and O–H groups in total. The fraction of sp³-hybridized carbons (Fsp3) is 0.909. The Kier molecular flexibility index (Phi) is 4.77. The van der Waals surface area contributed by atoms with E-state index >= 15 is 0 Å². The summed E-state index contributed by atoms with van der Waals surface area (Å²) in [7, 11) is 0. The number of rotatable bonds is 4. The van der Waals surface area contributed by atoms with Crippen LogP contribution in [-0.2, 0) is 4.79 Å². The molecule has 0 amide bonds. The zero-order valence-electron chi connectivity index (χ0n) is 9.22. The van der Waals surface area contributed by atoms with Gasteiger partial charge in [0.05, 0.1) is 6.42 Å². The molecular formula is C11H18F3NO. The van der Waals surface area contributed by atoms with Gasteiger partial charge in [-0.25, -0.2) is 0 Å². The van der Waals surface area contributed by atoms with Crippen LogP contribution in [0.4, 0.5) is 13.2 Å². The highest BCUT2D eigenvalue weighted by atomic mass is 19.4. The molecule has 0 spiro atoms. The van der Waals surface area contributed by atoms with Crippen LogP contribution in [0.25, 0.3) is 0 Å². The lowest BCUT2D eigenvalue weighted by Crippen LogP contribution is -2.26. The third-order valence-corrected chi connectivity index (χ3v) is 3.29. The van der Waals surface area contributed by atoms with E-state index in [-0.39, 0.29) is 18.1 Å². The Labute approximate surface area is 93.4 Å². The van der Waals surface area contributed by atoms with Crippen molar-refractivity contribution in [3.8, 4) is 0 Å². The third kappa shape index (κ3) is 4.51. The summed E-state index contributed by atoms with van der Waals surface area (Å²) >= 11 is 0. The second-order valence-electron chi connectivity index (χ2n) is 4.53. The summed E-state index contributed by atoms with van der Waals surface area (Å²) in [5.41, 5.74) is 5.51. The molecule has 0 radical (unpaired) electrons. The first-order chi connectivity index (χ1) is 7.42. The van der Waals surface area contributed by atoms with E-state index in [1.54, 1.807) is 0 Å². The molecule has 0 aromatic carbocycles. The summed E-state index contributed by atoms with van der Waals surface area (Å²) in [4.78, 5) is 11.5. The number of hydrogen-bond acceptors (Lipinski definition) is 2. The van der Waals surface area contributed by atoms with Crippen molar-refractivity contribution in [1.82, 2.24) is 0 Å². The number of carbonyl (C=O) groups is 1. The second-order valence-corrected chi connectivity index (χ2v) is 4.53. The van der Waals surface area contributed by atoms with Crippen molar-refractivity contribution in [3.63, 3.8) is 0 Å². The summed E-state index contributed by atoms with van der Waals surface area (Å²) in [6, 6.07) is 0. The van der Waals surface area contributed by atoms with Crippen molar-refractivity contribution >= 4 is 5.78 Å². The van der Waals surface area contributed by atoms with Crippen LogP contribution < -0.4 is 5.73 Å². The largest absolute Gasteiger partial charge is 0.389 e. The number of alkyl halides is 3. The molecule has 0 bridgehead atoms. The maximum atomic E-state index is 11.9. The van der Waals surface area contributed by atoms with Crippen LogP contribution in [0, 0.1) is 11.8 Å². The Balaban J connectivity index is 2.28. The van der Waals surface area contributed by atoms with Gasteiger partial charge in [0, 0.05) is 12.3 Å². The fourth-order valence-electron chi connectivity index (χ4n) is 2.19. The number of hydrogen-bond donors (Lipinski definition) is 1. The number of carbonyl (C=O) groups excluding carboxylic acids is 1. The Morgan fingerprint density at radius 1 is 1.19 bits per heavy atom. The van der Waals surface area contributed by atoms with Crippen LogP contribution in [-0.4, -0.2) is 18.5 Å². The van der Waals surface area contributed by atoms with Gasteiger partial charge in [-0.15, -0.1) is 0 Å².